The van der Waals surface area contributed by atoms with Gasteiger partial charge in [0.25, 0.3) is 6.33 Å². The Morgan fingerprint density at radius 2 is 2.19 bits per heavy atom. The van der Waals surface area contributed by atoms with Crippen LogP contribution < -0.4 is 21.5 Å². The Morgan fingerprint density at radius 3 is 2.69 bits per heavy atom. The first kappa shape index (κ1) is 15.2. The number of halogens is 1. The molecule has 0 aliphatic heterocycles. The Labute approximate surface area is 109 Å². The van der Waals surface area contributed by atoms with Gasteiger partial charge in [-0.1, -0.05) is 6.92 Å². The fraction of sp³-hybridized carbons (Fsp3) is 0.444. The van der Waals surface area contributed by atoms with Gasteiger partial charge < -0.3 is 21.7 Å². The molecule has 1 heterocycles. The van der Waals surface area contributed by atoms with Crippen LogP contribution in [0.1, 0.15) is 11.7 Å². The van der Waals surface area contributed by atoms with Crippen molar-refractivity contribution in [3.63, 3.8) is 0 Å². The molecular weight excluding hydrogens is 296 g/mol. The summed E-state index contributed by atoms with van der Waals surface area (Å²) in [5.41, 5.74) is 0. The van der Waals surface area contributed by atoms with Crippen LogP contribution in [0.2, 0.25) is 0 Å². The van der Waals surface area contributed by atoms with Gasteiger partial charge in [-0.25, -0.2) is 14.2 Å². The molecule has 7 heteroatoms. The Kier molecular flexibility index (Phi) is 7.07. The zero-order valence-electron chi connectivity index (χ0n) is 9.05. The Balaban J connectivity index is 0.00000225. The van der Waals surface area contributed by atoms with Crippen LogP contribution in [0, 0.1) is 0 Å². The molecule has 0 aliphatic rings. The Bertz CT molecular complexity index is 367. The molecule has 1 aromatic rings. The predicted octanol–water partition coefficient (Wildman–Crippen LogP) is -2.79. The largest absolute Gasteiger partial charge is 1.00 e. The number of nitrogens with zero attached hydrogens (tertiary/aromatic N) is 2. The average Bonchev–Trinajstić information content (AvgIpc) is 2.64. The summed E-state index contributed by atoms with van der Waals surface area (Å²) in [6, 6.07) is 0. The number of carbonyl (C=O) groups excluding carboxylic acids is 2. The van der Waals surface area contributed by atoms with Gasteiger partial charge in [0.05, 0.1) is 7.05 Å². The lowest BCUT2D eigenvalue weighted by Gasteiger charge is -1.99. The maximum Gasteiger partial charge on any atom is 0.423 e. The van der Waals surface area contributed by atoms with E-state index in [9.17, 15) is 9.59 Å². The van der Waals surface area contributed by atoms with E-state index >= 15 is 0 Å². The van der Waals surface area contributed by atoms with Gasteiger partial charge in [-0.2, -0.15) is 4.57 Å². The van der Waals surface area contributed by atoms with Gasteiger partial charge in [-0.05, 0) is 5.75 Å². The lowest BCUT2D eigenvalue weighted by molar-refractivity contribution is -0.670. The quantitative estimate of drug-likeness (QED) is 0.199. The molecule has 0 amide bonds. The third-order valence-corrected chi connectivity index (χ3v) is 2.35. The lowest BCUT2D eigenvalue weighted by Crippen LogP contribution is -3.00. The molecule has 0 saturated heterocycles. The molecule has 0 unspecified atom stereocenters. The highest BCUT2D eigenvalue weighted by atomic mass is 79.9. The maximum atomic E-state index is 11.4. The van der Waals surface area contributed by atoms with Crippen LogP contribution in [0.4, 0.5) is 0 Å². The van der Waals surface area contributed by atoms with Crippen molar-refractivity contribution in [2.45, 2.75) is 6.92 Å². The third kappa shape index (κ3) is 4.36. The van der Waals surface area contributed by atoms with Crippen LogP contribution in [0.25, 0.3) is 0 Å². The van der Waals surface area contributed by atoms with Crippen molar-refractivity contribution in [2.24, 2.45) is 7.05 Å². The van der Waals surface area contributed by atoms with Crippen molar-refractivity contribution in [2.75, 3.05) is 11.7 Å². The monoisotopic (exact) mass is 308 g/mol. The Morgan fingerprint density at radius 1 is 1.50 bits per heavy atom. The molecule has 0 bridgehead atoms. The van der Waals surface area contributed by atoms with Crippen molar-refractivity contribution in [1.82, 2.24) is 4.57 Å². The van der Waals surface area contributed by atoms with E-state index in [2.05, 4.69) is 0 Å². The summed E-state index contributed by atoms with van der Waals surface area (Å²) in [6.45, 7) is 1.95. The molecule has 0 atom stereocenters. The van der Waals surface area contributed by atoms with E-state index in [4.69, 9.17) is 4.74 Å². The van der Waals surface area contributed by atoms with Crippen LogP contribution in [-0.2, 0) is 16.6 Å². The molecule has 0 radical (unpaired) electrons. The summed E-state index contributed by atoms with van der Waals surface area (Å²) in [6.07, 6.45) is 4.69. The fourth-order valence-corrected chi connectivity index (χ4v) is 1.27. The number of aromatic nitrogens is 2. The number of ether oxygens (including phenoxy) is 1. The highest BCUT2D eigenvalue weighted by Gasteiger charge is 2.23. The predicted molar refractivity (Wildman–Crippen MR) is 55.3 cm³/mol. The van der Waals surface area contributed by atoms with E-state index in [1.807, 2.05) is 6.92 Å². The number of esters is 1. The minimum Gasteiger partial charge on any atom is -1.00 e. The van der Waals surface area contributed by atoms with Gasteiger partial charge in [0.1, 0.15) is 18.3 Å². The van der Waals surface area contributed by atoms with Gasteiger partial charge in [-0.3, -0.25) is 0 Å². The summed E-state index contributed by atoms with van der Waals surface area (Å²) in [5.74, 6) is -0.437. The summed E-state index contributed by atoms with van der Waals surface area (Å²) < 4.78 is 7.62. The van der Waals surface area contributed by atoms with E-state index in [1.54, 1.807) is 17.8 Å². The maximum absolute atomic E-state index is 11.4. The molecular formula is C9H13BrN2O3S. The van der Waals surface area contributed by atoms with Gasteiger partial charge in [0.15, 0.2) is 0 Å². The number of aryl methyl sites for hydroxylation is 1. The van der Waals surface area contributed by atoms with Crippen molar-refractivity contribution in [3.05, 3.63) is 18.7 Å². The summed E-state index contributed by atoms with van der Waals surface area (Å²) in [5, 5.41) is 0. The average molecular weight is 309 g/mol. The number of rotatable bonds is 3. The van der Waals surface area contributed by atoms with Crippen LogP contribution in [0.3, 0.4) is 0 Å². The summed E-state index contributed by atoms with van der Waals surface area (Å²) in [7, 11) is 1.77. The van der Waals surface area contributed by atoms with Crippen LogP contribution >= 0.6 is 11.8 Å². The normalized spacial score (nSPS) is 9.38. The molecule has 5 nitrogen and oxygen atoms in total. The number of hydrogen-bond acceptors (Lipinski definition) is 4. The van der Waals surface area contributed by atoms with Crippen LogP contribution in [0.5, 0.6) is 0 Å². The summed E-state index contributed by atoms with van der Waals surface area (Å²) >= 11 is 1.44. The van der Waals surface area contributed by atoms with Crippen molar-refractivity contribution in [3.8, 4) is 0 Å². The smallest absolute Gasteiger partial charge is 0.423 e. The molecule has 16 heavy (non-hydrogen) atoms. The van der Waals surface area contributed by atoms with Gasteiger partial charge >= 0.3 is 11.9 Å². The van der Waals surface area contributed by atoms with Gasteiger partial charge in [-0.15, -0.1) is 11.8 Å². The van der Waals surface area contributed by atoms with Gasteiger partial charge in [0, 0.05) is 0 Å². The molecule has 0 fully saturated rings. The first-order valence-corrected chi connectivity index (χ1v) is 5.63. The van der Waals surface area contributed by atoms with E-state index < -0.39 is 11.9 Å². The highest BCUT2D eigenvalue weighted by Crippen LogP contribution is 1.99. The second-order valence-corrected chi connectivity index (χ2v) is 4.06. The van der Waals surface area contributed by atoms with Crippen molar-refractivity contribution >= 4 is 23.6 Å². The van der Waals surface area contributed by atoms with Crippen molar-refractivity contribution < 1.29 is 35.9 Å². The van der Waals surface area contributed by atoms with Crippen LogP contribution in [-0.4, -0.2) is 28.1 Å². The van der Waals surface area contributed by atoms with E-state index in [0.717, 1.165) is 5.75 Å². The first-order valence-electron chi connectivity index (χ1n) is 4.47. The minimum atomic E-state index is -0.827. The van der Waals surface area contributed by atoms with Crippen LogP contribution in [0.15, 0.2) is 18.7 Å². The third-order valence-electron chi connectivity index (χ3n) is 1.66. The molecule has 1 rings (SSSR count). The fourth-order valence-electron chi connectivity index (χ4n) is 0.916. The number of imidazole rings is 1. The summed E-state index contributed by atoms with van der Waals surface area (Å²) in [4.78, 5) is 22.6. The molecule has 0 N–H and O–H groups in total. The molecule has 0 aromatic carbocycles. The topological polar surface area (TPSA) is 52.2 Å². The standard InChI is InChI=1S/C9H13N2O3S.BrH/c1-3-15-7-14-9(13)8(12)11-5-4-10(2)6-11;/h4-6H,3,7H2,1-2H3;1H/q+1;/p-1. The SMILES string of the molecule is CCSCOC(=O)C(=O)n1cc[n+](C)c1.[Br-]. The number of carbonyl (C=O) groups is 2. The lowest BCUT2D eigenvalue weighted by atomic mass is 10.6. The highest BCUT2D eigenvalue weighted by molar-refractivity contribution is 7.99. The number of hydrogen-bond donors (Lipinski definition) is 0. The molecule has 1 aromatic heterocycles. The molecule has 90 valence electrons. The van der Waals surface area contributed by atoms with E-state index in [-0.39, 0.29) is 22.9 Å². The minimum absolute atomic E-state index is 0. The second kappa shape index (κ2) is 7.45. The zero-order valence-corrected chi connectivity index (χ0v) is 11.5. The molecule has 0 saturated carbocycles. The zero-order chi connectivity index (χ0) is 11.3. The van der Waals surface area contributed by atoms with E-state index in [0.29, 0.717) is 0 Å². The molecule has 0 aliphatic carbocycles. The number of thioether (sulfide) groups is 1. The Hall–Kier alpha value is -0.820. The van der Waals surface area contributed by atoms with Crippen molar-refractivity contribution in [1.29, 1.82) is 0 Å². The second-order valence-electron chi connectivity index (χ2n) is 2.83. The van der Waals surface area contributed by atoms with Gasteiger partial charge in [0.2, 0.25) is 0 Å². The first-order chi connectivity index (χ1) is 7.15. The van der Waals surface area contributed by atoms with E-state index in [1.165, 1.54) is 28.9 Å². The molecule has 0 spiro atoms.